The van der Waals surface area contributed by atoms with Crippen molar-refractivity contribution in [2.75, 3.05) is 6.54 Å². The van der Waals surface area contributed by atoms with E-state index in [1.54, 1.807) is 18.2 Å². The third-order valence-corrected chi connectivity index (χ3v) is 2.45. The van der Waals surface area contributed by atoms with Crippen LogP contribution < -0.4 is 11.1 Å². The van der Waals surface area contributed by atoms with Crippen LogP contribution in [0.25, 0.3) is 5.69 Å². The van der Waals surface area contributed by atoms with Gasteiger partial charge in [-0.25, -0.2) is 4.68 Å². The summed E-state index contributed by atoms with van der Waals surface area (Å²) in [7, 11) is 0. The maximum Gasteiger partial charge on any atom is 0.251 e. The van der Waals surface area contributed by atoms with Crippen LogP contribution >= 0.6 is 0 Å². The maximum atomic E-state index is 11.9. The standard InChI is InChI=1S/C11H14N6O/c1-8(6-12)14-11(18)9-3-2-4-10(5-9)17-7-13-15-16-17/h2-5,7-8H,6,12H2,1H3,(H,14,18)/t8-/m0/s1. The van der Waals surface area contributed by atoms with Crippen LogP contribution in [0.15, 0.2) is 30.6 Å². The molecule has 0 unspecified atom stereocenters. The molecule has 1 aromatic carbocycles. The Morgan fingerprint density at radius 2 is 2.39 bits per heavy atom. The van der Waals surface area contributed by atoms with Crippen molar-refractivity contribution in [2.24, 2.45) is 5.73 Å². The van der Waals surface area contributed by atoms with Gasteiger partial charge >= 0.3 is 0 Å². The van der Waals surface area contributed by atoms with Crippen LogP contribution in [-0.4, -0.2) is 38.7 Å². The summed E-state index contributed by atoms with van der Waals surface area (Å²) in [5.41, 5.74) is 6.73. The van der Waals surface area contributed by atoms with Gasteiger partial charge in [-0.2, -0.15) is 0 Å². The van der Waals surface area contributed by atoms with E-state index < -0.39 is 0 Å². The highest BCUT2D eigenvalue weighted by Crippen LogP contribution is 2.08. The predicted molar refractivity (Wildman–Crippen MR) is 65.1 cm³/mol. The van der Waals surface area contributed by atoms with Gasteiger partial charge in [-0.1, -0.05) is 6.07 Å². The van der Waals surface area contributed by atoms with E-state index in [4.69, 9.17) is 5.73 Å². The highest BCUT2D eigenvalue weighted by atomic mass is 16.1. The Kier molecular flexibility index (Phi) is 3.63. The van der Waals surface area contributed by atoms with Crippen LogP contribution in [0.1, 0.15) is 17.3 Å². The van der Waals surface area contributed by atoms with Crippen molar-refractivity contribution in [2.45, 2.75) is 13.0 Å². The zero-order valence-electron chi connectivity index (χ0n) is 9.95. The number of tetrazole rings is 1. The van der Waals surface area contributed by atoms with Gasteiger partial charge in [0.25, 0.3) is 5.91 Å². The van der Waals surface area contributed by atoms with E-state index in [-0.39, 0.29) is 11.9 Å². The zero-order chi connectivity index (χ0) is 13.0. The van der Waals surface area contributed by atoms with E-state index in [0.717, 1.165) is 5.69 Å². The quantitative estimate of drug-likeness (QED) is 0.774. The molecule has 3 N–H and O–H groups in total. The molecule has 0 saturated carbocycles. The fourth-order valence-electron chi connectivity index (χ4n) is 1.44. The van der Waals surface area contributed by atoms with Crippen molar-refractivity contribution in [1.29, 1.82) is 0 Å². The molecule has 0 aliphatic heterocycles. The first-order chi connectivity index (χ1) is 8.70. The second kappa shape index (κ2) is 5.37. The second-order valence-electron chi connectivity index (χ2n) is 3.91. The number of nitrogens with zero attached hydrogens (tertiary/aromatic N) is 4. The number of carbonyl (C=O) groups excluding carboxylic acids is 1. The molecule has 0 bridgehead atoms. The number of amides is 1. The van der Waals surface area contributed by atoms with E-state index in [1.807, 2.05) is 13.0 Å². The van der Waals surface area contributed by atoms with Gasteiger partial charge in [0.1, 0.15) is 6.33 Å². The molecule has 0 fully saturated rings. The summed E-state index contributed by atoms with van der Waals surface area (Å²) in [4.78, 5) is 11.9. The Balaban J connectivity index is 2.20. The molecule has 0 aliphatic rings. The second-order valence-corrected chi connectivity index (χ2v) is 3.91. The Bertz CT molecular complexity index is 524. The summed E-state index contributed by atoms with van der Waals surface area (Å²) in [6.45, 7) is 2.25. The molecular weight excluding hydrogens is 232 g/mol. The minimum atomic E-state index is -0.164. The first kappa shape index (κ1) is 12.2. The lowest BCUT2D eigenvalue weighted by Gasteiger charge is -2.11. The summed E-state index contributed by atoms with van der Waals surface area (Å²) in [5.74, 6) is -0.164. The number of nitrogens with two attached hydrogens (primary N) is 1. The Labute approximate surface area is 104 Å². The van der Waals surface area contributed by atoms with Gasteiger partial charge in [-0.05, 0) is 35.5 Å². The molecule has 18 heavy (non-hydrogen) atoms. The average molecular weight is 246 g/mol. The summed E-state index contributed by atoms with van der Waals surface area (Å²) in [6, 6.07) is 6.98. The fraction of sp³-hybridized carbons (Fsp3) is 0.273. The normalized spacial score (nSPS) is 12.1. The highest BCUT2D eigenvalue weighted by Gasteiger charge is 2.09. The molecule has 0 radical (unpaired) electrons. The van der Waals surface area contributed by atoms with Crippen LogP contribution in [0.3, 0.4) is 0 Å². The van der Waals surface area contributed by atoms with E-state index in [1.165, 1.54) is 11.0 Å². The Morgan fingerprint density at radius 3 is 3.06 bits per heavy atom. The number of aromatic nitrogens is 4. The maximum absolute atomic E-state index is 11.9. The molecule has 0 aliphatic carbocycles. The van der Waals surface area contributed by atoms with Gasteiger partial charge in [0.2, 0.25) is 0 Å². The minimum absolute atomic E-state index is 0.0609. The van der Waals surface area contributed by atoms with Gasteiger partial charge in [0, 0.05) is 18.2 Å². The number of benzene rings is 1. The highest BCUT2D eigenvalue weighted by molar-refractivity contribution is 5.94. The minimum Gasteiger partial charge on any atom is -0.348 e. The smallest absolute Gasteiger partial charge is 0.251 e. The zero-order valence-corrected chi connectivity index (χ0v) is 9.95. The van der Waals surface area contributed by atoms with E-state index in [9.17, 15) is 4.79 Å². The van der Waals surface area contributed by atoms with Gasteiger partial charge in [-0.15, -0.1) is 5.10 Å². The van der Waals surface area contributed by atoms with Crippen molar-refractivity contribution in [3.8, 4) is 5.69 Å². The lowest BCUT2D eigenvalue weighted by atomic mass is 10.1. The van der Waals surface area contributed by atoms with E-state index in [0.29, 0.717) is 12.1 Å². The first-order valence-electron chi connectivity index (χ1n) is 5.55. The topological polar surface area (TPSA) is 98.7 Å². The molecule has 0 saturated heterocycles. The van der Waals surface area contributed by atoms with Gasteiger partial charge in [-0.3, -0.25) is 4.79 Å². The van der Waals surface area contributed by atoms with Crippen LogP contribution in [-0.2, 0) is 0 Å². The summed E-state index contributed by atoms with van der Waals surface area (Å²) in [6.07, 6.45) is 1.47. The van der Waals surface area contributed by atoms with Gasteiger partial charge in [0.15, 0.2) is 0 Å². The summed E-state index contributed by atoms with van der Waals surface area (Å²) in [5, 5.41) is 13.7. The lowest BCUT2D eigenvalue weighted by Crippen LogP contribution is -2.37. The third-order valence-electron chi connectivity index (χ3n) is 2.45. The van der Waals surface area contributed by atoms with Crippen molar-refractivity contribution >= 4 is 5.91 Å². The van der Waals surface area contributed by atoms with Gasteiger partial charge in [0.05, 0.1) is 5.69 Å². The van der Waals surface area contributed by atoms with E-state index >= 15 is 0 Å². The van der Waals surface area contributed by atoms with Crippen molar-refractivity contribution in [1.82, 2.24) is 25.5 Å². The number of hydrogen-bond donors (Lipinski definition) is 2. The van der Waals surface area contributed by atoms with E-state index in [2.05, 4.69) is 20.8 Å². The molecule has 1 amide bonds. The number of nitrogens with one attached hydrogen (secondary N) is 1. The molecule has 1 atom stereocenters. The molecule has 2 rings (SSSR count). The van der Waals surface area contributed by atoms with Crippen LogP contribution in [0.4, 0.5) is 0 Å². The molecule has 1 aromatic heterocycles. The predicted octanol–water partition coefficient (Wildman–Crippen LogP) is -0.261. The molecule has 7 nitrogen and oxygen atoms in total. The number of carbonyl (C=O) groups is 1. The molecule has 0 spiro atoms. The van der Waals surface area contributed by atoms with Crippen molar-refractivity contribution < 1.29 is 4.79 Å². The Morgan fingerprint density at radius 1 is 1.56 bits per heavy atom. The number of hydrogen-bond acceptors (Lipinski definition) is 5. The Hall–Kier alpha value is -2.28. The largest absolute Gasteiger partial charge is 0.348 e. The third kappa shape index (κ3) is 2.69. The number of rotatable bonds is 4. The summed E-state index contributed by atoms with van der Waals surface area (Å²) >= 11 is 0. The van der Waals surface area contributed by atoms with Crippen LogP contribution in [0.2, 0.25) is 0 Å². The van der Waals surface area contributed by atoms with Crippen LogP contribution in [0, 0.1) is 0 Å². The SMILES string of the molecule is C[C@@H](CN)NC(=O)c1cccc(-n2cnnn2)c1. The average Bonchev–Trinajstić information content (AvgIpc) is 2.92. The molecule has 7 heteroatoms. The molecule has 94 valence electrons. The van der Waals surface area contributed by atoms with Crippen molar-refractivity contribution in [3.05, 3.63) is 36.2 Å². The summed E-state index contributed by atoms with van der Waals surface area (Å²) < 4.78 is 1.49. The molecule has 1 heterocycles. The molecule has 2 aromatic rings. The lowest BCUT2D eigenvalue weighted by molar-refractivity contribution is 0.0941. The fourth-order valence-corrected chi connectivity index (χ4v) is 1.44. The monoisotopic (exact) mass is 246 g/mol. The van der Waals surface area contributed by atoms with Gasteiger partial charge < -0.3 is 11.1 Å². The first-order valence-corrected chi connectivity index (χ1v) is 5.55. The molecular formula is C11H14N6O. The van der Waals surface area contributed by atoms with Crippen molar-refractivity contribution in [3.63, 3.8) is 0 Å². The van der Waals surface area contributed by atoms with Crippen LogP contribution in [0.5, 0.6) is 0 Å².